The molecule has 25 heavy (non-hydrogen) atoms. The number of hydrogen-bond donors (Lipinski definition) is 1. The van der Waals surface area contributed by atoms with Crippen molar-refractivity contribution >= 4 is 0 Å². The van der Waals surface area contributed by atoms with Gasteiger partial charge in [-0.3, -0.25) is 0 Å². The van der Waals surface area contributed by atoms with E-state index >= 15 is 0 Å². The zero-order chi connectivity index (χ0) is 17.2. The summed E-state index contributed by atoms with van der Waals surface area (Å²) in [7, 11) is 0. The molecule has 0 bridgehead atoms. The summed E-state index contributed by atoms with van der Waals surface area (Å²) in [5, 5.41) is 9.94. The Labute approximate surface area is 148 Å². The number of benzene rings is 3. The molecule has 0 amide bonds. The Morgan fingerprint density at radius 1 is 0.960 bits per heavy atom. The van der Waals surface area contributed by atoms with E-state index in [1.165, 1.54) is 33.4 Å². The second kappa shape index (κ2) is 6.64. The van der Waals surface area contributed by atoms with Crippen LogP contribution in [0.5, 0.6) is 11.5 Å². The first-order chi connectivity index (χ1) is 12.2. The van der Waals surface area contributed by atoms with Gasteiger partial charge < -0.3 is 9.84 Å². The van der Waals surface area contributed by atoms with E-state index < -0.39 is 0 Å². The molecule has 0 fully saturated rings. The lowest BCUT2D eigenvalue weighted by molar-refractivity contribution is 0.300. The minimum Gasteiger partial charge on any atom is -0.508 e. The van der Waals surface area contributed by atoms with E-state index in [0.717, 1.165) is 25.0 Å². The van der Waals surface area contributed by atoms with Gasteiger partial charge in [0.15, 0.2) is 0 Å². The minimum atomic E-state index is 0.297. The summed E-state index contributed by atoms with van der Waals surface area (Å²) < 4.78 is 6.13. The Hall–Kier alpha value is -2.74. The smallest absolute Gasteiger partial charge is 0.126 e. The molecule has 3 aromatic carbocycles. The van der Waals surface area contributed by atoms with Crippen LogP contribution in [0.15, 0.2) is 60.7 Å². The summed E-state index contributed by atoms with van der Waals surface area (Å²) in [5.74, 6) is 1.13. The maximum atomic E-state index is 9.94. The van der Waals surface area contributed by atoms with Crippen LogP contribution in [-0.2, 0) is 19.4 Å². The lowest BCUT2D eigenvalue weighted by Gasteiger charge is -2.15. The summed E-state index contributed by atoms with van der Waals surface area (Å²) in [4.78, 5) is 0. The van der Waals surface area contributed by atoms with Gasteiger partial charge in [-0.1, -0.05) is 48.5 Å². The molecule has 1 N–H and O–H groups in total. The number of rotatable bonds is 4. The number of fused-ring (bicyclic) bond motifs is 1. The van der Waals surface area contributed by atoms with Gasteiger partial charge in [0.1, 0.15) is 18.1 Å². The molecule has 0 spiro atoms. The lowest BCUT2D eigenvalue weighted by atomic mass is 9.97. The number of aryl methyl sites for hydroxylation is 1. The molecule has 0 saturated heterocycles. The predicted molar refractivity (Wildman–Crippen MR) is 101 cm³/mol. The molecule has 0 saturated carbocycles. The average Bonchev–Trinajstić information content (AvgIpc) is 3.10. The SMILES string of the molecule is Cc1c(COc2cc(O)cc3c2CCC3)cccc1-c1ccccc1. The molecule has 0 heterocycles. The first-order valence-electron chi connectivity index (χ1n) is 8.84. The molecule has 0 atom stereocenters. The number of aromatic hydroxyl groups is 1. The van der Waals surface area contributed by atoms with E-state index in [2.05, 4.69) is 49.4 Å². The van der Waals surface area contributed by atoms with Crippen molar-refractivity contribution in [3.05, 3.63) is 82.9 Å². The molecule has 0 unspecified atom stereocenters. The van der Waals surface area contributed by atoms with Gasteiger partial charge in [0, 0.05) is 6.07 Å². The maximum absolute atomic E-state index is 9.94. The normalized spacial score (nSPS) is 12.8. The zero-order valence-corrected chi connectivity index (χ0v) is 14.5. The second-order valence-corrected chi connectivity index (χ2v) is 6.68. The largest absolute Gasteiger partial charge is 0.508 e. The Bertz CT molecular complexity index is 897. The van der Waals surface area contributed by atoms with Crippen molar-refractivity contribution in [1.82, 2.24) is 0 Å². The van der Waals surface area contributed by atoms with E-state index in [1.807, 2.05) is 12.1 Å². The van der Waals surface area contributed by atoms with E-state index in [1.54, 1.807) is 6.07 Å². The molecular weight excluding hydrogens is 308 g/mol. The van der Waals surface area contributed by atoms with E-state index in [4.69, 9.17) is 4.74 Å². The highest BCUT2D eigenvalue weighted by atomic mass is 16.5. The van der Waals surface area contributed by atoms with Crippen LogP contribution in [0.2, 0.25) is 0 Å². The highest BCUT2D eigenvalue weighted by molar-refractivity contribution is 5.68. The standard InChI is InChI=1S/C23H22O2/c1-16-19(10-6-11-21(16)17-7-3-2-4-8-17)15-25-23-14-20(24)13-18-9-5-12-22(18)23/h2-4,6-8,10-11,13-14,24H,5,9,12,15H2,1H3. The Kier molecular flexibility index (Phi) is 4.19. The zero-order valence-electron chi connectivity index (χ0n) is 14.5. The van der Waals surface area contributed by atoms with Gasteiger partial charge in [-0.25, -0.2) is 0 Å². The van der Waals surface area contributed by atoms with Crippen LogP contribution in [0.3, 0.4) is 0 Å². The van der Waals surface area contributed by atoms with Gasteiger partial charge in [0.05, 0.1) is 0 Å². The third kappa shape index (κ3) is 3.12. The second-order valence-electron chi connectivity index (χ2n) is 6.68. The topological polar surface area (TPSA) is 29.5 Å². The van der Waals surface area contributed by atoms with Crippen molar-refractivity contribution in [3.63, 3.8) is 0 Å². The summed E-state index contributed by atoms with van der Waals surface area (Å²) in [6.07, 6.45) is 3.20. The van der Waals surface area contributed by atoms with E-state index in [0.29, 0.717) is 12.4 Å². The number of hydrogen-bond acceptors (Lipinski definition) is 2. The summed E-state index contributed by atoms with van der Waals surface area (Å²) >= 11 is 0. The fourth-order valence-electron chi connectivity index (χ4n) is 3.70. The molecule has 2 heteroatoms. The van der Waals surface area contributed by atoms with Gasteiger partial charge in [-0.15, -0.1) is 0 Å². The van der Waals surface area contributed by atoms with Gasteiger partial charge in [0.25, 0.3) is 0 Å². The first-order valence-corrected chi connectivity index (χ1v) is 8.84. The number of phenols is 1. The van der Waals surface area contributed by atoms with Gasteiger partial charge in [-0.2, -0.15) is 0 Å². The van der Waals surface area contributed by atoms with E-state index in [-0.39, 0.29) is 0 Å². The number of ether oxygens (including phenoxy) is 1. The molecule has 0 aromatic heterocycles. The highest BCUT2D eigenvalue weighted by Crippen LogP contribution is 2.35. The third-order valence-corrected chi connectivity index (χ3v) is 5.07. The molecule has 126 valence electrons. The Morgan fingerprint density at radius 2 is 1.80 bits per heavy atom. The quantitative estimate of drug-likeness (QED) is 0.690. The van der Waals surface area contributed by atoms with Crippen LogP contribution in [0.1, 0.15) is 28.7 Å². The van der Waals surface area contributed by atoms with Crippen LogP contribution in [0.4, 0.5) is 0 Å². The van der Waals surface area contributed by atoms with Crippen molar-refractivity contribution in [1.29, 1.82) is 0 Å². The van der Waals surface area contributed by atoms with Gasteiger partial charge in [0.2, 0.25) is 0 Å². The van der Waals surface area contributed by atoms with E-state index in [9.17, 15) is 5.11 Å². The van der Waals surface area contributed by atoms with Crippen molar-refractivity contribution in [2.24, 2.45) is 0 Å². The fourth-order valence-corrected chi connectivity index (χ4v) is 3.70. The monoisotopic (exact) mass is 330 g/mol. The minimum absolute atomic E-state index is 0.297. The average molecular weight is 330 g/mol. The lowest BCUT2D eigenvalue weighted by Crippen LogP contribution is -2.01. The molecule has 3 aromatic rings. The first kappa shape index (κ1) is 15.8. The van der Waals surface area contributed by atoms with Crippen molar-refractivity contribution in [2.45, 2.75) is 32.8 Å². The third-order valence-electron chi connectivity index (χ3n) is 5.07. The molecule has 2 nitrogen and oxygen atoms in total. The van der Waals surface area contributed by atoms with Crippen molar-refractivity contribution < 1.29 is 9.84 Å². The van der Waals surface area contributed by atoms with Crippen LogP contribution in [0, 0.1) is 6.92 Å². The van der Waals surface area contributed by atoms with Crippen LogP contribution in [-0.4, -0.2) is 5.11 Å². The molecule has 1 aliphatic carbocycles. The maximum Gasteiger partial charge on any atom is 0.126 e. The summed E-state index contributed by atoms with van der Waals surface area (Å²) in [6.45, 7) is 2.66. The van der Waals surface area contributed by atoms with Gasteiger partial charge in [-0.05, 0) is 65.6 Å². The fraction of sp³-hybridized carbons (Fsp3) is 0.217. The van der Waals surface area contributed by atoms with Gasteiger partial charge >= 0.3 is 0 Å². The van der Waals surface area contributed by atoms with Crippen molar-refractivity contribution in [3.8, 4) is 22.6 Å². The number of phenolic OH excluding ortho intramolecular Hbond substituents is 1. The predicted octanol–water partition coefficient (Wildman–Crippen LogP) is 5.44. The molecule has 4 rings (SSSR count). The van der Waals surface area contributed by atoms with Crippen LogP contribution >= 0.6 is 0 Å². The molecular formula is C23H22O2. The molecule has 0 aliphatic heterocycles. The summed E-state index contributed by atoms with van der Waals surface area (Å²) in [6, 6.07) is 20.4. The Morgan fingerprint density at radius 3 is 2.64 bits per heavy atom. The summed E-state index contributed by atoms with van der Waals surface area (Å²) in [5.41, 5.74) is 7.37. The Balaban J connectivity index is 1.61. The van der Waals surface area contributed by atoms with Crippen LogP contribution < -0.4 is 4.74 Å². The molecule has 1 aliphatic rings. The van der Waals surface area contributed by atoms with Crippen LogP contribution in [0.25, 0.3) is 11.1 Å². The highest BCUT2D eigenvalue weighted by Gasteiger charge is 2.17. The molecule has 0 radical (unpaired) electrons. The van der Waals surface area contributed by atoms with Crippen molar-refractivity contribution in [2.75, 3.05) is 0 Å².